The Bertz CT molecular complexity index is 1590. The summed E-state index contributed by atoms with van der Waals surface area (Å²) in [5.41, 5.74) is 3.41. The van der Waals surface area contributed by atoms with Gasteiger partial charge in [-0.2, -0.15) is 16.8 Å². The SMILES string of the molecule is C=C1CCC[C@H]2[C@]1(CC[C@@]1(C)C3=CCCC(C)(C)[C@@H]3CC[C@@H]1C)CC[C@H](C)[C@]2(C)Cc1cc(OS(=O)(=O)O)ccc1OS(=O)(=O)O. The van der Waals surface area contributed by atoms with Gasteiger partial charge < -0.3 is 8.37 Å². The van der Waals surface area contributed by atoms with E-state index in [9.17, 15) is 25.9 Å². The van der Waals surface area contributed by atoms with Crippen LogP contribution in [-0.2, 0) is 27.2 Å². The van der Waals surface area contributed by atoms with E-state index in [-0.39, 0.29) is 39.6 Å². The molecule has 0 saturated heterocycles. The largest absolute Gasteiger partial charge is 0.446 e. The molecule has 0 radical (unpaired) electrons. The van der Waals surface area contributed by atoms with Crippen molar-refractivity contribution in [2.24, 2.45) is 45.3 Å². The summed E-state index contributed by atoms with van der Waals surface area (Å²) in [6.45, 7) is 19.1. The summed E-state index contributed by atoms with van der Waals surface area (Å²) in [7, 11) is -9.65. The molecule has 4 aliphatic carbocycles. The number of hydrogen-bond donors (Lipinski definition) is 2. The van der Waals surface area contributed by atoms with Crippen molar-refractivity contribution in [3.05, 3.63) is 47.6 Å². The summed E-state index contributed by atoms with van der Waals surface area (Å²) in [6.07, 6.45) is 15.1. The van der Waals surface area contributed by atoms with Gasteiger partial charge in [-0.1, -0.05) is 65.3 Å². The smallest absolute Gasteiger partial charge is 0.362 e. The molecule has 0 heterocycles. The molecule has 46 heavy (non-hydrogen) atoms. The van der Waals surface area contributed by atoms with Gasteiger partial charge in [0.15, 0.2) is 0 Å². The molecule has 2 N–H and O–H groups in total. The van der Waals surface area contributed by atoms with Gasteiger partial charge in [0.1, 0.15) is 11.5 Å². The van der Waals surface area contributed by atoms with Crippen molar-refractivity contribution in [3.8, 4) is 11.5 Å². The zero-order valence-electron chi connectivity index (χ0n) is 28.5. The molecule has 8 nitrogen and oxygen atoms in total. The first-order valence-corrected chi connectivity index (χ1v) is 19.8. The van der Waals surface area contributed by atoms with E-state index in [4.69, 9.17) is 14.9 Å². The highest BCUT2D eigenvalue weighted by atomic mass is 32.3. The van der Waals surface area contributed by atoms with E-state index in [0.29, 0.717) is 29.2 Å². The number of allylic oxidation sites excluding steroid dienone is 3. The molecule has 0 amide bonds. The predicted octanol–water partition coefficient (Wildman–Crippen LogP) is 8.95. The molecule has 0 unspecified atom stereocenters. The monoisotopic (exact) mass is 678 g/mol. The summed E-state index contributed by atoms with van der Waals surface area (Å²) in [4.78, 5) is 0. The lowest BCUT2D eigenvalue weighted by molar-refractivity contribution is -0.0694. The Kier molecular flexibility index (Phi) is 9.41. The first-order valence-electron chi connectivity index (χ1n) is 17.1. The van der Waals surface area contributed by atoms with Crippen molar-refractivity contribution >= 4 is 20.8 Å². The van der Waals surface area contributed by atoms with Crippen LogP contribution < -0.4 is 8.37 Å². The fourth-order valence-electron chi connectivity index (χ4n) is 10.4. The van der Waals surface area contributed by atoms with Crippen LogP contribution in [0.3, 0.4) is 0 Å². The maximum atomic E-state index is 11.8. The van der Waals surface area contributed by atoms with E-state index in [1.807, 2.05) is 0 Å². The fourth-order valence-corrected chi connectivity index (χ4v) is 11.1. The van der Waals surface area contributed by atoms with E-state index < -0.39 is 20.8 Å². The normalized spacial score (nSPS) is 36.3. The van der Waals surface area contributed by atoms with Crippen LogP contribution in [0.5, 0.6) is 11.5 Å². The van der Waals surface area contributed by atoms with Crippen LogP contribution in [0.25, 0.3) is 0 Å². The molecular weight excluding hydrogens is 625 g/mol. The van der Waals surface area contributed by atoms with Crippen LogP contribution in [-0.4, -0.2) is 25.9 Å². The van der Waals surface area contributed by atoms with E-state index in [2.05, 4.69) is 47.6 Å². The molecule has 1 aromatic rings. The van der Waals surface area contributed by atoms with Crippen LogP contribution in [0.4, 0.5) is 0 Å². The topological polar surface area (TPSA) is 127 Å². The summed E-state index contributed by atoms with van der Waals surface area (Å²) < 4.78 is 75.3. The quantitative estimate of drug-likeness (QED) is 0.196. The van der Waals surface area contributed by atoms with Gasteiger partial charge in [0, 0.05) is 5.56 Å². The first-order chi connectivity index (χ1) is 21.2. The lowest BCUT2D eigenvalue weighted by Crippen LogP contribution is -2.53. The molecule has 0 bridgehead atoms. The Morgan fingerprint density at radius 3 is 2.26 bits per heavy atom. The third kappa shape index (κ3) is 6.70. The molecule has 1 aromatic carbocycles. The average molecular weight is 679 g/mol. The van der Waals surface area contributed by atoms with Gasteiger partial charge in [-0.15, -0.1) is 0 Å². The maximum absolute atomic E-state index is 11.8. The maximum Gasteiger partial charge on any atom is 0.446 e. The highest BCUT2D eigenvalue weighted by Crippen LogP contribution is 2.66. The summed E-state index contributed by atoms with van der Waals surface area (Å²) in [5.74, 6) is 1.48. The molecular formula is C36H54O8S2. The van der Waals surface area contributed by atoms with Crippen molar-refractivity contribution in [2.45, 2.75) is 119 Å². The zero-order chi connectivity index (χ0) is 33.9. The van der Waals surface area contributed by atoms with Gasteiger partial charge in [0.05, 0.1) is 0 Å². The number of benzene rings is 1. The molecule has 0 aromatic heterocycles. The van der Waals surface area contributed by atoms with Crippen LogP contribution in [0.2, 0.25) is 0 Å². The summed E-state index contributed by atoms with van der Waals surface area (Å²) >= 11 is 0. The van der Waals surface area contributed by atoms with Crippen molar-refractivity contribution < 1.29 is 34.3 Å². The Hall–Kier alpha value is -1.88. The van der Waals surface area contributed by atoms with E-state index >= 15 is 0 Å². The minimum absolute atomic E-state index is 0.0768. The lowest BCUT2D eigenvalue weighted by Gasteiger charge is -2.61. The third-order valence-electron chi connectivity index (χ3n) is 13.5. The van der Waals surface area contributed by atoms with Crippen LogP contribution in [0, 0.1) is 45.3 Å². The molecule has 3 saturated carbocycles. The van der Waals surface area contributed by atoms with Crippen LogP contribution >= 0.6 is 0 Å². The van der Waals surface area contributed by atoms with E-state index in [1.165, 1.54) is 43.0 Å². The molecule has 258 valence electrons. The van der Waals surface area contributed by atoms with Crippen LogP contribution in [0.15, 0.2) is 42.0 Å². The minimum atomic E-state index is -4.85. The minimum Gasteiger partial charge on any atom is -0.362 e. The van der Waals surface area contributed by atoms with Gasteiger partial charge in [-0.05, 0) is 141 Å². The Morgan fingerprint density at radius 2 is 1.59 bits per heavy atom. The Labute approximate surface area is 277 Å². The van der Waals surface area contributed by atoms with Gasteiger partial charge in [-0.3, -0.25) is 9.11 Å². The highest BCUT2D eigenvalue weighted by molar-refractivity contribution is 7.81. The van der Waals surface area contributed by atoms with Crippen molar-refractivity contribution in [1.29, 1.82) is 0 Å². The second-order valence-electron chi connectivity index (χ2n) is 16.3. The van der Waals surface area contributed by atoms with Gasteiger partial charge >= 0.3 is 20.8 Å². The number of hydrogen-bond acceptors (Lipinski definition) is 6. The predicted molar refractivity (Wildman–Crippen MR) is 180 cm³/mol. The third-order valence-corrected chi connectivity index (χ3v) is 14.3. The van der Waals surface area contributed by atoms with Crippen molar-refractivity contribution in [1.82, 2.24) is 0 Å². The average Bonchev–Trinajstić information content (AvgIpc) is 2.93. The van der Waals surface area contributed by atoms with Crippen molar-refractivity contribution in [2.75, 3.05) is 0 Å². The van der Waals surface area contributed by atoms with Crippen LogP contribution in [0.1, 0.15) is 118 Å². The molecule has 7 atom stereocenters. The van der Waals surface area contributed by atoms with E-state index in [1.54, 1.807) is 5.57 Å². The molecule has 3 fully saturated rings. The second-order valence-corrected chi connectivity index (χ2v) is 18.3. The van der Waals surface area contributed by atoms with Gasteiger partial charge in [0.2, 0.25) is 0 Å². The molecule has 0 aliphatic heterocycles. The van der Waals surface area contributed by atoms with E-state index in [0.717, 1.165) is 51.4 Å². The standard InChI is InChI=1S/C36H54O8S2/c1-24-13-15-29-30(11-9-18-33(29,4)5)34(24,6)20-21-36-19-17-25(2)35(7,32(36)12-8-10-26(36)3)23-27-22-28(43-45(37,38)39)14-16-31(27)44-46(40,41)42/h11,14,16,22,24-25,29,32H,3,8-10,12-13,15,17-21,23H2,1-2,4-7H3,(H,37,38,39)(H,40,41,42)/t24-,25-,29+,32+,34+,35-,36-/m0/s1. The fraction of sp³-hybridized carbons (Fsp3) is 0.722. The van der Waals surface area contributed by atoms with Gasteiger partial charge in [-0.25, -0.2) is 0 Å². The van der Waals surface area contributed by atoms with Gasteiger partial charge in [0.25, 0.3) is 0 Å². The zero-order valence-corrected chi connectivity index (χ0v) is 30.1. The number of fused-ring (bicyclic) bond motifs is 2. The molecule has 0 spiro atoms. The Morgan fingerprint density at radius 1 is 0.891 bits per heavy atom. The summed E-state index contributed by atoms with van der Waals surface area (Å²) in [6, 6.07) is 3.84. The Balaban J connectivity index is 1.52. The second kappa shape index (κ2) is 12.2. The first kappa shape index (κ1) is 35.4. The summed E-state index contributed by atoms with van der Waals surface area (Å²) in [5, 5.41) is 0. The lowest BCUT2D eigenvalue weighted by atomic mass is 9.43. The molecule has 5 rings (SSSR count). The highest BCUT2D eigenvalue weighted by Gasteiger charge is 2.57. The number of rotatable bonds is 9. The van der Waals surface area contributed by atoms with Crippen molar-refractivity contribution in [3.63, 3.8) is 0 Å². The molecule has 4 aliphatic rings. The molecule has 10 heteroatoms.